The van der Waals surface area contributed by atoms with Gasteiger partial charge >= 0.3 is 5.76 Å². The van der Waals surface area contributed by atoms with Crippen molar-refractivity contribution < 1.29 is 17.9 Å². The molecule has 0 saturated carbocycles. The Morgan fingerprint density at radius 3 is 3.00 bits per heavy atom. The lowest BCUT2D eigenvalue weighted by Gasteiger charge is -2.05. The Labute approximate surface area is 104 Å². The van der Waals surface area contributed by atoms with Crippen molar-refractivity contribution in [2.24, 2.45) is 0 Å². The standard InChI is InChI=1S/C10H8F2N2O3S/c11-6-1-2-7(12)8(3-6)16-5-18-4-9-13-14-10(15)17-9/h1-3H,4-5H2,(H,14,15). The van der Waals surface area contributed by atoms with Crippen LogP contribution in [0.5, 0.6) is 5.75 Å². The molecular formula is C10H8F2N2O3S. The Bertz CT molecular complexity index is 584. The van der Waals surface area contributed by atoms with E-state index in [-0.39, 0.29) is 23.3 Å². The van der Waals surface area contributed by atoms with Crippen molar-refractivity contribution in [1.29, 1.82) is 0 Å². The number of hydrogen-bond donors (Lipinski definition) is 1. The van der Waals surface area contributed by atoms with Crippen molar-refractivity contribution in [3.8, 4) is 5.75 Å². The van der Waals surface area contributed by atoms with Gasteiger partial charge in [-0.1, -0.05) is 0 Å². The minimum Gasteiger partial charge on any atom is -0.480 e. The van der Waals surface area contributed by atoms with Gasteiger partial charge in [-0.05, 0) is 12.1 Å². The average molecular weight is 274 g/mol. The van der Waals surface area contributed by atoms with Crippen LogP contribution in [0.2, 0.25) is 0 Å². The van der Waals surface area contributed by atoms with E-state index in [0.717, 1.165) is 18.2 Å². The van der Waals surface area contributed by atoms with Crippen LogP contribution < -0.4 is 10.5 Å². The molecule has 0 bridgehead atoms. The average Bonchev–Trinajstić information content (AvgIpc) is 2.75. The topological polar surface area (TPSA) is 68.1 Å². The number of rotatable bonds is 5. The van der Waals surface area contributed by atoms with Crippen molar-refractivity contribution in [2.75, 3.05) is 5.94 Å². The summed E-state index contributed by atoms with van der Waals surface area (Å²) in [5, 5.41) is 5.69. The minimum atomic E-state index is -0.636. The summed E-state index contributed by atoms with van der Waals surface area (Å²) in [5.41, 5.74) is 0. The van der Waals surface area contributed by atoms with E-state index in [9.17, 15) is 13.6 Å². The van der Waals surface area contributed by atoms with E-state index in [0.29, 0.717) is 0 Å². The van der Waals surface area contributed by atoms with E-state index in [1.165, 1.54) is 11.8 Å². The SMILES string of the molecule is O=c1[nH]nc(CSCOc2cc(F)ccc2F)o1. The van der Waals surface area contributed by atoms with E-state index in [2.05, 4.69) is 14.6 Å². The summed E-state index contributed by atoms with van der Waals surface area (Å²) in [6.07, 6.45) is 0. The monoisotopic (exact) mass is 274 g/mol. The van der Waals surface area contributed by atoms with Crippen LogP contribution in [-0.4, -0.2) is 16.1 Å². The number of aromatic nitrogens is 2. The van der Waals surface area contributed by atoms with E-state index >= 15 is 0 Å². The summed E-state index contributed by atoms with van der Waals surface area (Å²) in [7, 11) is 0. The molecule has 0 fully saturated rings. The first-order valence-corrected chi connectivity index (χ1v) is 6.00. The molecule has 1 N–H and O–H groups in total. The molecule has 0 aliphatic carbocycles. The lowest BCUT2D eigenvalue weighted by molar-refractivity contribution is 0.364. The number of ether oxygens (including phenoxy) is 1. The van der Waals surface area contributed by atoms with Gasteiger partial charge in [0.1, 0.15) is 11.8 Å². The summed E-state index contributed by atoms with van der Waals surface area (Å²) in [4.78, 5) is 10.6. The van der Waals surface area contributed by atoms with Crippen LogP contribution in [0.25, 0.3) is 0 Å². The second kappa shape index (κ2) is 5.67. The molecule has 0 unspecified atom stereocenters. The minimum absolute atomic E-state index is 0.0803. The number of nitrogens with one attached hydrogen (secondary N) is 1. The number of halogens is 2. The molecule has 0 aliphatic rings. The quantitative estimate of drug-likeness (QED) is 0.666. The summed E-state index contributed by atoms with van der Waals surface area (Å²) < 4.78 is 35.6. The first-order chi connectivity index (χ1) is 8.65. The number of H-pyrrole nitrogens is 1. The molecule has 1 aromatic carbocycles. The Morgan fingerprint density at radius 1 is 1.44 bits per heavy atom. The highest BCUT2D eigenvalue weighted by atomic mass is 32.2. The molecule has 8 heteroatoms. The number of benzene rings is 1. The zero-order valence-corrected chi connectivity index (χ0v) is 9.80. The molecule has 0 saturated heterocycles. The van der Waals surface area contributed by atoms with Gasteiger partial charge in [-0.2, -0.15) is 0 Å². The molecule has 0 atom stereocenters. The van der Waals surface area contributed by atoms with Crippen molar-refractivity contribution in [3.05, 3.63) is 46.3 Å². The second-order valence-electron chi connectivity index (χ2n) is 3.19. The normalized spacial score (nSPS) is 10.6. The second-order valence-corrected chi connectivity index (χ2v) is 4.12. The van der Waals surface area contributed by atoms with Gasteiger partial charge in [-0.15, -0.1) is 16.9 Å². The largest absolute Gasteiger partial charge is 0.480 e. The van der Waals surface area contributed by atoms with E-state index in [1.807, 2.05) is 0 Å². The molecule has 5 nitrogen and oxygen atoms in total. The van der Waals surface area contributed by atoms with E-state index < -0.39 is 17.4 Å². The van der Waals surface area contributed by atoms with Crippen molar-refractivity contribution >= 4 is 11.8 Å². The number of nitrogens with zero attached hydrogens (tertiary/aromatic N) is 1. The van der Waals surface area contributed by atoms with Crippen molar-refractivity contribution in [2.45, 2.75) is 5.75 Å². The maximum atomic E-state index is 13.1. The van der Waals surface area contributed by atoms with Gasteiger partial charge in [0.05, 0.1) is 5.75 Å². The fourth-order valence-corrected chi connectivity index (χ4v) is 1.74. The van der Waals surface area contributed by atoms with E-state index in [1.54, 1.807) is 0 Å². The first-order valence-electron chi connectivity index (χ1n) is 4.85. The van der Waals surface area contributed by atoms with Gasteiger partial charge in [0, 0.05) is 6.07 Å². The highest BCUT2D eigenvalue weighted by molar-refractivity contribution is 7.98. The Hall–Kier alpha value is -1.83. The third-order valence-corrected chi connectivity index (χ3v) is 2.63. The Kier molecular flexibility index (Phi) is 3.98. The third kappa shape index (κ3) is 3.33. The Balaban J connectivity index is 1.81. The molecule has 96 valence electrons. The zero-order chi connectivity index (χ0) is 13.0. The van der Waals surface area contributed by atoms with Crippen molar-refractivity contribution in [3.63, 3.8) is 0 Å². The molecule has 1 aromatic heterocycles. The predicted molar refractivity (Wildman–Crippen MR) is 60.3 cm³/mol. The summed E-state index contributed by atoms with van der Waals surface area (Å²) in [6.45, 7) is 0. The van der Waals surface area contributed by atoms with Gasteiger partial charge < -0.3 is 9.15 Å². The fourth-order valence-electron chi connectivity index (χ4n) is 1.14. The maximum Gasteiger partial charge on any atom is 0.434 e. The summed E-state index contributed by atoms with van der Waals surface area (Å²) >= 11 is 1.20. The van der Waals surface area contributed by atoms with Gasteiger partial charge in [0.15, 0.2) is 11.6 Å². The predicted octanol–water partition coefficient (Wildman–Crippen LogP) is 1.91. The van der Waals surface area contributed by atoms with Crippen LogP contribution in [0.4, 0.5) is 8.78 Å². The number of thioether (sulfide) groups is 1. The zero-order valence-electron chi connectivity index (χ0n) is 8.98. The molecule has 0 amide bonds. The first kappa shape index (κ1) is 12.6. The number of aromatic amines is 1. The molecule has 0 radical (unpaired) electrons. The molecule has 18 heavy (non-hydrogen) atoms. The summed E-state index contributed by atoms with van der Waals surface area (Å²) in [5.74, 6) is -1.42. The van der Waals surface area contributed by atoms with Crippen LogP contribution >= 0.6 is 11.8 Å². The van der Waals surface area contributed by atoms with Crippen LogP contribution in [0, 0.1) is 11.6 Å². The van der Waals surface area contributed by atoms with Crippen LogP contribution in [0.1, 0.15) is 5.89 Å². The highest BCUT2D eigenvalue weighted by Gasteiger charge is 2.06. The van der Waals surface area contributed by atoms with Gasteiger partial charge in [0.2, 0.25) is 5.89 Å². The lowest BCUT2D eigenvalue weighted by atomic mass is 10.3. The van der Waals surface area contributed by atoms with Gasteiger partial charge in [0.25, 0.3) is 0 Å². The Morgan fingerprint density at radius 2 is 2.28 bits per heavy atom. The highest BCUT2D eigenvalue weighted by Crippen LogP contribution is 2.20. The lowest BCUT2D eigenvalue weighted by Crippen LogP contribution is -1.97. The number of hydrogen-bond acceptors (Lipinski definition) is 5. The molecule has 2 rings (SSSR count). The van der Waals surface area contributed by atoms with Gasteiger partial charge in [-0.25, -0.2) is 18.7 Å². The molecule has 1 heterocycles. The van der Waals surface area contributed by atoms with Crippen LogP contribution in [0.3, 0.4) is 0 Å². The molecular weight excluding hydrogens is 266 g/mol. The molecule has 0 spiro atoms. The van der Waals surface area contributed by atoms with Crippen LogP contribution in [-0.2, 0) is 5.75 Å². The summed E-state index contributed by atoms with van der Waals surface area (Å²) in [6, 6.07) is 2.96. The molecule has 2 aromatic rings. The van der Waals surface area contributed by atoms with E-state index in [4.69, 9.17) is 4.74 Å². The fraction of sp³-hybridized carbons (Fsp3) is 0.200. The smallest absolute Gasteiger partial charge is 0.434 e. The van der Waals surface area contributed by atoms with Crippen LogP contribution in [0.15, 0.2) is 27.4 Å². The van der Waals surface area contributed by atoms with Gasteiger partial charge in [-0.3, -0.25) is 0 Å². The maximum absolute atomic E-state index is 13.1. The van der Waals surface area contributed by atoms with Crippen molar-refractivity contribution in [1.82, 2.24) is 10.2 Å². The third-order valence-electron chi connectivity index (χ3n) is 1.90. The molecule has 0 aliphatic heterocycles.